The van der Waals surface area contributed by atoms with Crippen molar-refractivity contribution in [1.82, 2.24) is 9.78 Å². The lowest BCUT2D eigenvalue weighted by Crippen LogP contribution is -2.09. The molecule has 0 spiro atoms. The minimum Gasteiger partial charge on any atom is -0.478 e. The number of carbonyl (C=O) groups is 2. The normalized spacial score (nSPS) is 10.4. The standard InChI is InChI=1S/C8H9N3O3/c1-11-5-4-6(10-11)9-7(12)2-3-8(13)14/h2-5H,1H3,(H,13,14)(H,9,10,12)/b3-2+. The van der Waals surface area contributed by atoms with E-state index in [2.05, 4.69) is 10.4 Å². The number of aliphatic carboxylic acids is 1. The molecule has 74 valence electrons. The van der Waals surface area contributed by atoms with Crippen molar-refractivity contribution in [3.05, 3.63) is 24.4 Å². The van der Waals surface area contributed by atoms with Gasteiger partial charge in [-0.1, -0.05) is 0 Å². The van der Waals surface area contributed by atoms with Crippen LogP contribution in [0.15, 0.2) is 24.4 Å². The van der Waals surface area contributed by atoms with Crippen molar-refractivity contribution in [2.24, 2.45) is 7.05 Å². The number of carbonyl (C=O) groups excluding carboxylic acids is 1. The zero-order chi connectivity index (χ0) is 10.6. The number of aryl methyl sites for hydroxylation is 1. The molecule has 0 unspecified atom stereocenters. The Labute approximate surface area is 79.8 Å². The summed E-state index contributed by atoms with van der Waals surface area (Å²) in [6.45, 7) is 0. The van der Waals surface area contributed by atoms with E-state index in [-0.39, 0.29) is 0 Å². The van der Waals surface area contributed by atoms with Crippen molar-refractivity contribution in [3.63, 3.8) is 0 Å². The number of nitrogens with one attached hydrogen (secondary N) is 1. The Hall–Kier alpha value is -2.11. The SMILES string of the molecule is Cn1ccc(NC(=O)/C=C/C(=O)O)n1. The summed E-state index contributed by atoms with van der Waals surface area (Å²) < 4.78 is 1.52. The number of nitrogens with zero attached hydrogens (tertiary/aromatic N) is 2. The molecule has 1 aromatic rings. The van der Waals surface area contributed by atoms with E-state index in [1.54, 1.807) is 19.3 Å². The summed E-state index contributed by atoms with van der Waals surface area (Å²) in [6.07, 6.45) is 3.35. The Morgan fingerprint density at radius 1 is 1.57 bits per heavy atom. The Bertz CT molecular complexity index is 381. The van der Waals surface area contributed by atoms with Crippen molar-refractivity contribution in [1.29, 1.82) is 0 Å². The molecule has 0 fully saturated rings. The van der Waals surface area contributed by atoms with Crippen LogP contribution in [0.3, 0.4) is 0 Å². The van der Waals surface area contributed by atoms with E-state index in [9.17, 15) is 9.59 Å². The van der Waals surface area contributed by atoms with E-state index in [4.69, 9.17) is 5.11 Å². The predicted octanol–water partition coefficient (Wildman–Crippen LogP) is -0.000600. The van der Waals surface area contributed by atoms with E-state index in [1.165, 1.54) is 4.68 Å². The van der Waals surface area contributed by atoms with Gasteiger partial charge in [0, 0.05) is 31.5 Å². The number of hydrogen-bond donors (Lipinski definition) is 2. The van der Waals surface area contributed by atoms with Gasteiger partial charge in [-0.05, 0) is 0 Å². The van der Waals surface area contributed by atoms with Crippen LogP contribution in [0, 0.1) is 0 Å². The van der Waals surface area contributed by atoms with Gasteiger partial charge in [0.2, 0.25) is 5.91 Å². The third-order valence-corrected chi connectivity index (χ3v) is 1.34. The fourth-order valence-electron chi connectivity index (χ4n) is 0.797. The summed E-state index contributed by atoms with van der Waals surface area (Å²) in [5.74, 6) is -1.31. The molecule has 1 rings (SSSR count). The molecule has 0 aliphatic heterocycles. The fourth-order valence-corrected chi connectivity index (χ4v) is 0.797. The largest absolute Gasteiger partial charge is 0.478 e. The smallest absolute Gasteiger partial charge is 0.328 e. The first-order valence-corrected chi connectivity index (χ1v) is 3.79. The minimum absolute atomic E-state index is 0.382. The van der Waals surface area contributed by atoms with Gasteiger partial charge >= 0.3 is 5.97 Å². The summed E-state index contributed by atoms with van der Waals surface area (Å²) in [7, 11) is 1.71. The quantitative estimate of drug-likeness (QED) is 0.665. The van der Waals surface area contributed by atoms with Crippen molar-refractivity contribution in [2.45, 2.75) is 0 Å². The van der Waals surface area contributed by atoms with Gasteiger partial charge in [-0.15, -0.1) is 0 Å². The van der Waals surface area contributed by atoms with Gasteiger partial charge < -0.3 is 10.4 Å². The fraction of sp³-hybridized carbons (Fsp3) is 0.125. The molecule has 2 N–H and O–H groups in total. The highest BCUT2D eigenvalue weighted by molar-refractivity contribution is 6.01. The zero-order valence-electron chi connectivity index (χ0n) is 7.47. The number of carboxylic acid groups (broad SMARTS) is 1. The number of anilines is 1. The second-order valence-corrected chi connectivity index (χ2v) is 2.54. The molecule has 6 heteroatoms. The summed E-state index contributed by atoms with van der Waals surface area (Å²) in [5.41, 5.74) is 0. The molecular formula is C8H9N3O3. The van der Waals surface area contributed by atoms with Crippen LogP contribution in [0.5, 0.6) is 0 Å². The lowest BCUT2D eigenvalue weighted by Gasteiger charge is -1.94. The summed E-state index contributed by atoms with van der Waals surface area (Å²) in [5, 5.41) is 14.5. The van der Waals surface area contributed by atoms with Crippen LogP contribution >= 0.6 is 0 Å². The molecule has 1 amide bonds. The molecule has 1 aromatic heterocycles. The second-order valence-electron chi connectivity index (χ2n) is 2.54. The molecule has 0 aliphatic carbocycles. The van der Waals surface area contributed by atoms with E-state index in [0.717, 1.165) is 12.2 Å². The van der Waals surface area contributed by atoms with E-state index in [1.807, 2.05) is 0 Å². The molecule has 0 bridgehead atoms. The van der Waals surface area contributed by atoms with Crippen LogP contribution in [-0.2, 0) is 16.6 Å². The van der Waals surface area contributed by atoms with Gasteiger partial charge in [0.1, 0.15) is 0 Å². The number of aromatic nitrogens is 2. The van der Waals surface area contributed by atoms with Gasteiger partial charge in [0.15, 0.2) is 5.82 Å². The molecule has 14 heavy (non-hydrogen) atoms. The molecular weight excluding hydrogens is 186 g/mol. The molecule has 0 aliphatic rings. The third kappa shape index (κ3) is 3.10. The summed E-state index contributed by atoms with van der Waals surface area (Å²) in [6, 6.07) is 1.60. The molecule has 0 radical (unpaired) electrons. The van der Waals surface area contributed by atoms with Crippen LogP contribution in [-0.4, -0.2) is 26.8 Å². The first-order chi connectivity index (χ1) is 6.58. The van der Waals surface area contributed by atoms with Gasteiger partial charge in [-0.2, -0.15) is 5.10 Å². The Balaban J connectivity index is 2.53. The Morgan fingerprint density at radius 2 is 2.29 bits per heavy atom. The van der Waals surface area contributed by atoms with E-state index >= 15 is 0 Å². The summed E-state index contributed by atoms with van der Waals surface area (Å²) in [4.78, 5) is 21.1. The van der Waals surface area contributed by atoms with Gasteiger partial charge in [-0.3, -0.25) is 9.48 Å². The number of carboxylic acids is 1. The average Bonchev–Trinajstić information content (AvgIpc) is 2.48. The monoisotopic (exact) mass is 195 g/mol. The first-order valence-electron chi connectivity index (χ1n) is 3.79. The van der Waals surface area contributed by atoms with Crippen LogP contribution in [0.4, 0.5) is 5.82 Å². The molecule has 0 atom stereocenters. The van der Waals surface area contributed by atoms with Crippen LogP contribution < -0.4 is 5.32 Å². The Kier molecular flexibility index (Phi) is 3.01. The van der Waals surface area contributed by atoms with Gasteiger partial charge in [0.25, 0.3) is 0 Å². The molecule has 0 aromatic carbocycles. The lowest BCUT2D eigenvalue weighted by atomic mass is 10.4. The summed E-state index contributed by atoms with van der Waals surface area (Å²) >= 11 is 0. The predicted molar refractivity (Wildman–Crippen MR) is 48.6 cm³/mol. The third-order valence-electron chi connectivity index (χ3n) is 1.34. The van der Waals surface area contributed by atoms with E-state index < -0.39 is 11.9 Å². The molecule has 6 nitrogen and oxygen atoms in total. The van der Waals surface area contributed by atoms with Crippen LogP contribution in [0.25, 0.3) is 0 Å². The lowest BCUT2D eigenvalue weighted by molar-refractivity contribution is -0.131. The van der Waals surface area contributed by atoms with Crippen LogP contribution in [0.1, 0.15) is 0 Å². The maximum Gasteiger partial charge on any atom is 0.328 e. The van der Waals surface area contributed by atoms with E-state index in [0.29, 0.717) is 5.82 Å². The number of rotatable bonds is 3. The van der Waals surface area contributed by atoms with Crippen molar-refractivity contribution in [3.8, 4) is 0 Å². The topological polar surface area (TPSA) is 84.2 Å². The van der Waals surface area contributed by atoms with Crippen molar-refractivity contribution >= 4 is 17.7 Å². The van der Waals surface area contributed by atoms with Crippen LogP contribution in [0.2, 0.25) is 0 Å². The van der Waals surface area contributed by atoms with Gasteiger partial charge in [-0.25, -0.2) is 4.79 Å². The minimum atomic E-state index is -1.17. The second kappa shape index (κ2) is 4.22. The Morgan fingerprint density at radius 3 is 2.79 bits per heavy atom. The van der Waals surface area contributed by atoms with Crippen molar-refractivity contribution in [2.75, 3.05) is 5.32 Å². The zero-order valence-corrected chi connectivity index (χ0v) is 7.47. The average molecular weight is 195 g/mol. The van der Waals surface area contributed by atoms with Gasteiger partial charge in [0.05, 0.1) is 0 Å². The highest BCUT2D eigenvalue weighted by atomic mass is 16.4. The molecule has 1 heterocycles. The number of amides is 1. The molecule has 0 saturated heterocycles. The maximum absolute atomic E-state index is 11.0. The first kappa shape index (κ1) is 9.97. The number of hydrogen-bond acceptors (Lipinski definition) is 3. The maximum atomic E-state index is 11.0. The molecule has 0 saturated carbocycles. The highest BCUT2D eigenvalue weighted by Gasteiger charge is 2.00. The highest BCUT2D eigenvalue weighted by Crippen LogP contribution is 2.00. The van der Waals surface area contributed by atoms with Crippen molar-refractivity contribution < 1.29 is 14.7 Å².